The summed E-state index contributed by atoms with van der Waals surface area (Å²) in [6, 6.07) is 0. The van der Waals surface area contributed by atoms with Gasteiger partial charge in [-0.25, -0.2) is 0 Å². The second-order valence-electron chi connectivity index (χ2n) is 5.29. The summed E-state index contributed by atoms with van der Waals surface area (Å²) in [6.07, 6.45) is 3.64. The van der Waals surface area contributed by atoms with Crippen LogP contribution in [0.2, 0.25) is 0 Å². The lowest BCUT2D eigenvalue weighted by atomic mass is 10.2. The van der Waals surface area contributed by atoms with Crippen molar-refractivity contribution in [3.8, 4) is 0 Å². The summed E-state index contributed by atoms with van der Waals surface area (Å²) in [7, 11) is 0. The average Bonchev–Trinajstić information content (AvgIpc) is 2.52. The molecule has 0 saturated heterocycles. The molecule has 10 nitrogen and oxygen atoms in total. The number of carbonyl (C=O) groups is 2. The summed E-state index contributed by atoms with van der Waals surface area (Å²) in [5.74, 6) is -4.19. The Morgan fingerprint density at radius 1 is 0.808 bits per heavy atom. The summed E-state index contributed by atoms with van der Waals surface area (Å²) >= 11 is 0. The fraction of sp³-hybridized carbons (Fsp3) is 0.875. The second-order valence-corrected chi connectivity index (χ2v) is 5.29. The van der Waals surface area contributed by atoms with Gasteiger partial charge in [0.25, 0.3) is 5.97 Å². The van der Waals surface area contributed by atoms with E-state index in [9.17, 15) is 9.59 Å². The third kappa shape index (κ3) is 43.4. The molecule has 7 N–H and O–H groups in total. The zero-order valence-corrected chi connectivity index (χ0v) is 15.3. The van der Waals surface area contributed by atoms with Crippen LogP contribution in [0.15, 0.2) is 0 Å². The van der Waals surface area contributed by atoms with E-state index in [1.807, 2.05) is 6.92 Å². The van der Waals surface area contributed by atoms with E-state index in [0.717, 1.165) is 12.8 Å². The number of carboxylic acid groups (broad SMARTS) is 2. The first-order chi connectivity index (χ1) is 12.1. The van der Waals surface area contributed by atoms with E-state index in [4.69, 9.17) is 35.7 Å². The number of ether oxygens (including phenoxy) is 1. The van der Waals surface area contributed by atoms with Gasteiger partial charge in [0.05, 0.1) is 26.4 Å². The van der Waals surface area contributed by atoms with Gasteiger partial charge >= 0.3 is 11.9 Å². The molecule has 0 heterocycles. The molecule has 0 fully saturated rings. The Morgan fingerprint density at radius 3 is 1.50 bits per heavy atom. The molecule has 26 heavy (non-hydrogen) atoms. The zero-order valence-electron chi connectivity index (χ0n) is 15.3. The van der Waals surface area contributed by atoms with Gasteiger partial charge in [0, 0.05) is 19.3 Å². The smallest absolute Gasteiger partial charge is 0.303 e. The topological polar surface area (TPSA) is 185 Å². The van der Waals surface area contributed by atoms with Crippen molar-refractivity contribution in [1.29, 1.82) is 0 Å². The maximum absolute atomic E-state index is 9.90. The van der Waals surface area contributed by atoms with Gasteiger partial charge in [-0.15, -0.1) is 0 Å². The standard InChI is InChI=1S/C6H10O4.C6H14O3.C4H10O3/c7-5(8)3-1-2-4-6(9)10;1-2-3-4-5-6(7,8)9;5-1-3-7-4-2-6/h1-4H2,(H,7,8)(H,9,10);7-9H,2-5H2,1H3;5-6H,1-4H2. The summed E-state index contributed by atoms with van der Waals surface area (Å²) in [4.78, 5) is 19.8. The summed E-state index contributed by atoms with van der Waals surface area (Å²) in [5.41, 5.74) is 0. The molecule has 10 heteroatoms. The fourth-order valence-electron chi connectivity index (χ4n) is 1.40. The van der Waals surface area contributed by atoms with Gasteiger partial charge in [0.15, 0.2) is 0 Å². The van der Waals surface area contributed by atoms with Gasteiger partial charge in [-0.2, -0.15) is 0 Å². The molecule has 0 aromatic rings. The predicted octanol–water partition coefficient (Wildman–Crippen LogP) is -0.0990. The van der Waals surface area contributed by atoms with Crippen LogP contribution in [0.4, 0.5) is 0 Å². The van der Waals surface area contributed by atoms with Crippen LogP contribution in [0.5, 0.6) is 0 Å². The van der Waals surface area contributed by atoms with E-state index < -0.39 is 17.9 Å². The molecule has 0 bridgehead atoms. The first kappa shape index (κ1) is 29.5. The number of rotatable bonds is 13. The molecule has 0 aromatic carbocycles. The van der Waals surface area contributed by atoms with Crippen molar-refractivity contribution in [2.45, 2.75) is 64.3 Å². The highest BCUT2D eigenvalue weighted by atomic mass is 16.7. The maximum atomic E-state index is 9.90. The van der Waals surface area contributed by atoms with Crippen LogP contribution in [0, 0.1) is 0 Å². The van der Waals surface area contributed by atoms with Crippen LogP contribution in [0.1, 0.15) is 58.3 Å². The number of hydrogen-bond donors (Lipinski definition) is 7. The van der Waals surface area contributed by atoms with Gasteiger partial charge in [-0.3, -0.25) is 9.59 Å². The minimum Gasteiger partial charge on any atom is -0.481 e. The molecule has 0 rings (SSSR count). The monoisotopic (exact) mass is 386 g/mol. The third-order valence-electron chi connectivity index (χ3n) is 2.62. The SMILES string of the molecule is CCCCCC(O)(O)O.O=C(O)CCCCC(=O)O.OCCOCCO. The minimum absolute atomic E-state index is 0.0278. The van der Waals surface area contributed by atoms with Crippen molar-refractivity contribution in [2.24, 2.45) is 0 Å². The summed E-state index contributed by atoms with van der Waals surface area (Å²) in [5, 5.41) is 57.5. The van der Waals surface area contributed by atoms with Crippen LogP contribution in [-0.2, 0) is 14.3 Å². The van der Waals surface area contributed by atoms with E-state index in [-0.39, 0.29) is 32.5 Å². The third-order valence-corrected chi connectivity index (χ3v) is 2.62. The van der Waals surface area contributed by atoms with E-state index in [2.05, 4.69) is 4.74 Å². The average molecular weight is 386 g/mol. The molecule has 0 aliphatic heterocycles. The first-order valence-electron chi connectivity index (χ1n) is 8.50. The van der Waals surface area contributed by atoms with Crippen molar-refractivity contribution < 1.29 is 50.1 Å². The normalized spacial score (nSPS) is 10.2. The van der Waals surface area contributed by atoms with E-state index in [0.29, 0.717) is 32.5 Å². The number of aliphatic hydroxyl groups is 5. The summed E-state index contributed by atoms with van der Waals surface area (Å²) < 4.78 is 4.63. The number of aliphatic hydroxyl groups excluding tert-OH is 2. The molecule has 0 atom stereocenters. The molecule has 0 amide bonds. The maximum Gasteiger partial charge on any atom is 0.303 e. The largest absolute Gasteiger partial charge is 0.481 e. The highest BCUT2D eigenvalue weighted by Gasteiger charge is 2.15. The minimum atomic E-state index is -2.45. The van der Waals surface area contributed by atoms with Gasteiger partial charge in [-0.05, 0) is 19.3 Å². The highest BCUT2D eigenvalue weighted by Crippen LogP contribution is 2.07. The van der Waals surface area contributed by atoms with Gasteiger partial charge in [0.2, 0.25) is 0 Å². The van der Waals surface area contributed by atoms with Crippen molar-refractivity contribution >= 4 is 11.9 Å². The second kappa shape index (κ2) is 21.7. The Hall–Kier alpha value is -1.30. The van der Waals surface area contributed by atoms with Crippen LogP contribution >= 0.6 is 0 Å². The highest BCUT2D eigenvalue weighted by molar-refractivity contribution is 5.67. The van der Waals surface area contributed by atoms with Crippen LogP contribution in [0.3, 0.4) is 0 Å². The first-order valence-corrected chi connectivity index (χ1v) is 8.50. The molecule has 0 radical (unpaired) electrons. The Morgan fingerprint density at radius 2 is 1.23 bits per heavy atom. The lowest BCUT2D eigenvalue weighted by Gasteiger charge is -2.12. The molecule has 0 aliphatic carbocycles. The van der Waals surface area contributed by atoms with E-state index in [1.54, 1.807) is 0 Å². The quantitative estimate of drug-likeness (QED) is 0.166. The zero-order chi connectivity index (χ0) is 20.8. The molecular formula is C16H34O10. The number of hydrogen-bond acceptors (Lipinski definition) is 8. The van der Waals surface area contributed by atoms with Gasteiger partial charge in [-0.1, -0.05) is 19.8 Å². The molecule has 158 valence electrons. The Balaban J connectivity index is -0.000000310. The molecule has 0 spiro atoms. The molecule has 0 unspecified atom stereocenters. The van der Waals surface area contributed by atoms with Crippen molar-refractivity contribution in [3.63, 3.8) is 0 Å². The number of unbranched alkanes of at least 4 members (excludes halogenated alkanes) is 3. The molecule has 0 saturated carbocycles. The summed E-state index contributed by atoms with van der Waals surface area (Å²) in [6.45, 7) is 2.70. The lowest BCUT2D eigenvalue weighted by molar-refractivity contribution is -0.315. The van der Waals surface area contributed by atoms with Crippen molar-refractivity contribution in [3.05, 3.63) is 0 Å². The number of aliphatic carboxylic acids is 2. The molecule has 0 aromatic heterocycles. The van der Waals surface area contributed by atoms with Gasteiger partial charge < -0.3 is 40.5 Å². The number of carboxylic acids is 2. The van der Waals surface area contributed by atoms with Crippen LogP contribution in [0.25, 0.3) is 0 Å². The van der Waals surface area contributed by atoms with Crippen molar-refractivity contribution in [1.82, 2.24) is 0 Å². The lowest BCUT2D eigenvalue weighted by Crippen LogP contribution is -2.26. The molecule has 0 aliphatic rings. The van der Waals surface area contributed by atoms with E-state index in [1.165, 1.54) is 0 Å². The Bertz CT molecular complexity index is 295. The Labute approximate surface area is 153 Å². The predicted molar refractivity (Wildman–Crippen MR) is 92.3 cm³/mol. The van der Waals surface area contributed by atoms with Crippen LogP contribution < -0.4 is 0 Å². The van der Waals surface area contributed by atoms with Crippen molar-refractivity contribution in [2.75, 3.05) is 26.4 Å². The van der Waals surface area contributed by atoms with E-state index >= 15 is 0 Å². The molecular weight excluding hydrogens is 352 g/mol. The fourth-order valence-corrected chi connectivity index (χ4v) is 1.40. The van der Waals surface area contributed by atoms with Crippen LogP contribution in [-0.4, -0.2) is 80.1 Å². The Kier molecular flexibility index (Phi) is 24.6. The van der Waals surface area contributed by atoms with Gasteiger partial charge in [0.1, 0.15) is 0 Å².